The largest absolute Gasteiger partial charge is 0.386 e. The van der Waals surface area contributed by atoms with Crippen LogP contribution in [0.5, 0.6) is 0 Å². The Kier molecular flexibility index (Phi) is 5.84. The quantitative estimate of drug-likeness (QED) is 0.504. The van der Waals surface area contributed by atoms with Crippen LogP contribution in [0.25, 0.3) is 11.2 Å². The smallest absolute Gasteiger partial charge is 0.328 e. The summed E-state index contributed by atoms with van der Waals surface area (Å²) in [5.74, 6) is 0.511. The highest BCUT2D eigenvalue weighted by Gasteiger charge is 2.34. The molecular weight excluding hydrogens is 472 g/mol. The predicted molar refractivity (Wildman–Crippen MR) is 130 cm³/mol. The van der Waals surface area contributed by atoms with Crippen LogP contribution in [-0.2, 0) is 16.1 Å². The molecule has 1 aliphatic carbocycles. The molecular formula is C24H27F2N7O3. The van der Waals surface area contributed by atoms with Crippen LogP contribution in [0.2, 0.25) is 0 Å². The topological polar surface area (TPSA) is 106 Å². The second kappa shape index (κ2) is 9.17. The van der Waals surface area contributed by atoms with Gasteiger partial charge in [-0.25, -0.2) is 28.1 Å². The maximum Gasteiger partial charge on any atom is 0.328 e. The van der Waals surface area contributed by atoms with Crippen molar-refractivity contribution >= 4 is 40.1 Å². The van der Waals surface area contributed by atoms with Crippen LogP contribution >= 0.6 is 0 Å². The molecule has 190 valence electrons. The van der Waals surface area contributed by atoms with Gasteiger partial charge in [-0.1, -0.05) is 0 Å². The van der Waals surface area contributed by atoms with Gasteiger partial charge in [0.25, 0.3) is 6.43 Å². The third-order valence-corrected chi connectivity index (χ3v) is 6.97. The number of benzene rings is 1. The monoisotopic (exact) mass is 499 g/mol. The lowest BCUT2D eigenvalue weighted by atomic mass is 9.89. The van der Waals surface area contributed by atoms with Gasteiger partial charge in [0.1, 0.15) is 23.8 Å². The highest BCUT2D eigenvalue weighted by Crippen LogP contribution is 2.32. The third kappa shape index (κ3) is 4.20. The van der Waals surface area contributed by atoms with Crippen molar-refractivity contribution in [2.24, 2.45) is 0 Å². The Bertz CT molecular complexity index is 1300. The molecule has 3 N–H and O–H groups in total. The van der Waals surface area contributed by atoms with Gasteiger partial charge in [-0.3, -0.25) is 0 Å². The van der Waals surface area contributed by atoms with Crippen molar-refractivity contribution in [3.05, 3.63) is 36.2 Å². The number of hydrogen-bond donors (Lipinski definition) is 3. The van der Waals surface area contributed by atoms with Gasteiger partial charge in [0.2, 0.25) is 0 Å². The molecule has 1 amide bonds. The lowest BCUT2D eigenvalue weighted by Gasteiger charge is -2.37. The van der Waals surface area contributed by atoms with Crippen LogP contribution in [0.4, 0.5) is 36.5 Å². The third-order valence-electron chi connectivity index (χ3n) is 6.97. The Hall–Kier alpha value is -3.51. The molecule has 12 heteroatoms. The van der Waals surface area contributed by atoms with Crippen LogP contribution in [0, 0.1) is 0 Å². The number of nitrogens with zero attached hydrogens (tertiary/aromatic N) is 4. The Morgan fingerprint density at radius 2 is 2.08 bits per heavy atom. The van der Waals surface area contributed by atoms with Crippen molar-refractivity contribution in [1.82, 2.24) is 19.9 Å². The first kappa shape index (κ1) is 22.9. The molecule has 2 aliphatic heterocycles. The molecule has 2 aromatic heterocycles. The SMILES string of the molecule is CNc1cc2nc3c1ncn3C(=O)N[C@@H]1CC[C@H]1OCc1cc(cc(N3CCO[C@H](C(F)F)C3)c1)N2. The first-order valence-electron chi connectivity index (χ1n) is 12.0. The number of aromatic nitrogens is 3. The predicted octanol–water partition coefficient (Wildman–Crippen LogP) is 3.31. The summed E-state index contributed by atoms with van der Waals surface area (Å²) in [4.78, 5) is 24.0. The van der Waals surface area contributed by atoms with Gasteiger partial charge in [0.05, 0.1) is 31.0 Å². The number of imidazole rings is 1. The van der Waals surface area contributed by atoms with Gasteiger partial charge >= 0.3 is 6.03 Å². The summed E-state index contributed by atoms with van der Waals surface area (Å²) in [6, 6.07) is 7.23. The van der Waals surface area contributed by atoms with Crippen LogP contribution in [0.15, 0.2) is 30.6 Å². The van der Waals surface area contributed by atoms with E-state index < -0.39 is 12.5 Å². The number of pyridine rings is 1. The van der Waals surface area contributed by atoms with E-state index in [1.54, 1.807) is 7.05 Å². The van der Waals surface area contributed by atoms with Crippen molar-refractivity contribution in [3.8, 4) is 0 Å². The molecule has 3 atom stereocenters. The maximum absolute atomic E-state index is 13.4. The van der Waals surface area contributed by atoms with Crippen molar-refractivity contribution in [2.45, 2.75) is 44.1 Å². The molecule has 1 saturated carbocycles. The first-order valence-corrected chi connectivity index (χ1v) is 12.0. The summed E-state index contributed by atoms with van der Waals surface area (Å²) >= 11 is 0. The van der Waals surface area contributed by atoms with E-state index in [1.165, 1.54) is 10.9 Å². The number of rotatable bonds is 3. The highest BCUT2D eigenvalue weighted by atomic mass is 19.3. The van der Waals surface area contributed by atoms with E-state index in [0.717, 1.165) is 35.5 Å². The van der Waals surface area contributed by atoms with Crippen LogP contribution in [-0.4, -0.2) is 72.0 Å². The molecule has 0 spiro atoms. The Labute approximate surface area is 206 Å². The zero-order chi connectivity index (χ0) is 24.8. The average Bonchev–Trinajstić information content (AvgIpc) is 3.29. The molecule has 3 aliphatic rings. The number of halogens is 2. The standard InChI is InChI=1S/C24H27F2N7O3/c1-27-17-9-20-29-14-6-13(7-15(8-14)32-4-5-35-19(10-32)22(25)26)11-36-18-3-2-16(18)30-24(34)33-12-28-21(17)23(33)31-20/h6-9,12,16,18-19,22H,2-5,10-11H2,1H3,(H,30,34)(H2,27,29,31)/t16-,18-,19+/m1/s1. The summed E-state index contributed by atoms with van der Waals surface area (Å²) in [6.07, 6.45) is -0.668. The fraction of sp³-hybridized carbons (Fsp3) is 0.458. The number of fused-ring (bicyclic) bond motifs is 4. The Morgan fingerprint density at radius 1 is 1.19 bits per heavy atom. The van der Waals surface area contributed by atoms with Gasteiger partial charge in [-0.2, -0.15) is 0 Å². The van der Waals surface area contributed by atoms with Crippen LogP contribution < -0.4 is 20.9 Å². The minimum Gasteiger partial charge on any atom is -0.386 e. The lowest BCUT2D eigenvalue weighted by molar-refractivity contribution is -0.0614. The van der Waals surface area contributed by atoms with Gasteiger partial charge in [0, 0.05) is 37.6 Å². The molecule has 0 unspecified atom stereocenters. The number of carbonyl (C=O) groups excluding carboxylic acids is 1. The molecule has 3 aromatic rings. The van der Waals surface area contributed by atoms with E-state index in [1.807, 2.05) is 29.2 Å². The number of alkyl halides is 2. The van der Waals surface area contributed by atoms with E-state index in [9.17, 15) is 13.6 Å². The van der Waals surface area contributed by atoms with Crippen molar-refractivity contribution < 1.29 is 23.0 Å². The molecule has 1 aromatic carbocycles. The molecule has 4 bridgehead atoms. The second-order valence-corrected chi connectivity index (χ2v) is 9.28. The number of morpholine rings is 1. The molecule has 6 rings (SSSR count). The summed E-state index contributed by atoms with van der Waals surface area (Å²) in [5.41, 5.74) is 4.14. The van der Waals surface area contributed by atoms with Gasteiger partial charge in [-0.15, -0.1) is 0 Å². The zero-order valence-electron chi connectivity index (χ0n) is 19.7. The minimum atomic E-state index is -2.55. The summed E-state index contributed by atoms with van der Waals surface area (Å²) in [6.45, 7) is 1.17. The fourth-order valence-corrected chi connectivity index (χ4v) is 4.88. The molecule has 36 heavy (non-hydrogen) atoms. The van der Waals surface area contributed by atoms with E-state index in [-0.39, 0.29) is 31.3 Å². The summed E-state index contributed by atoms with van der Waals surface area (Å²) < 4.78 is 39.5. The molecule has 4 heterocycles. The van der Waals surface area contributed by atoms with Crippen LogP contribution in [0.3, 0.4) is 0 Å². The normalized spacial score (nSPS) is 24.1. The Balaban J connectivity index is 1.42. The van der Waals surface area contributed by atoms with E-state index in [0.29, 0.717) is 30.1 Å². The first-order chi connectivity index (χ1) is 17.5. The maximum atomic E-state index is 13.4. The van der Waals surface area contributed by atoms with Gasteiger partial charge in [0.15, 0.2) is 5.65 Å². The molecule has 2 fully saturated rings. The highest BCUT2D eigenvalue weighted by molar-refractivity contribution is 5.94. The molecule has 1 saturated heterocycles. The second-order valence-electron chi connectivity index (χ2n) is 9.28. The number of nitrogens with one attached hydrogen (secondary N) is 3. The number of carbonyl (C=O) groups is 1. The van der Waals surface area contributed by atoms with Gasteiger partial charge in [-0.05, 0) is 36.6 Å². The molecule has 0 radical (unpaired) electrons. The lowest BCUT2D eigenvalue weighted by Crippen LogP contribution is -2.52. The van der Waals surface area contributed by atoms with Crippen molar-refractivity contribution in [1.29, 1.82) is 0 Å². The number of amides is 1. The minimum absolute atomic E-state index is 0.103. The van der Waals surface area contributed by atoms with E-state index >= 15 is 0 Å². The number of hydrogen-bond acceptors (Lipinski definition) is 8. The average molecular weight is 500 g/mol. The summed E-state index contributed by atoms with van der Waals surface area (Å²) in [5, 5.41) is 9.48. The van der Waals surface area contributed by atoms with E-state index in [2.05, 4.69) is 25.9 Å². The van der Waals surface area contributed by atoms with Gasteiger partial charge < -0.3 is 30.3 Å². The fourth-order valence-electron chi connectivity index (χ4n) is 4.88. The Morgan fingerprint density at radius 3 is 2.86 bits per heavy atom. The summed E-state index contributed by atoms with van der Waals surface area (Å²) in [7, 11) is 1.78. The van der Waals surface area contributed by atoms with E-state index in [4.69, 9.17) is 9.47 Å². The van der Waals surface area contributed by atoms with Crippen molar-refractivity contribution in [3.63, 3.8) is 0 Å². The van der Waals surface area contributed by atoms with Crippen molar-refractivity contribution in [2.75, 3.05) is 42.3 Å². The number of anilines is 4. The van der Waals surface area contributed by atoms with Crippen LogP contribution in [0.1, 0.15) is 18.4 Å². The molecule has 10 nitrogen and oxygen atoms in total. The zero-order valence-corrected chi connectivity index (χ0v) is 19.7. The number of ether oxygens (including phenoxy) is 2.